The van der Waals surface area contributed by atoms with E-state index in [1.54, 1.807) is 30.0 Å². The summed E-state index contributed by atoms with van der Waals surface area (Å²) in [4.78, 5) is 26.2. The number of nitrogens with zero attached hydrogens (tertiary/aromatic N) is 1. The zero-order valence-electron chi connectivity index (χ0n) is 20.0. The smallest absolute Gasteiger partial charge is 0.416 e. The van der Waals surface area contributed by atoms with Crippen LogP contribution in [0.15, 0.2) is 35.2 Å². The third kappa shape index (κ3) is 7.90. The van der Waals surface area contributed by atoms with Gasteiger partial charge in [0.25, 0.3) is 5.91 Å². The van der Waals surface area contributed by atoms with Crippen LogP contribution in [-0.2, 0) is 30.4 Å². The maximum atomic E-state index is 14.0. The van der Waals surface area contributed by atoms with E-state index < -0.39 is 34.9 Å². The molecule has 4 N–H and O–H groups in total. The Morgan fingerprint density at radius 1 is 1.24 bits per heavy atom. The van der Waals surface area contributed by atoms with E-state index in [1.165, 1.54) is 6.07 Å². The minimum atomic E-state index is -4.76. The normalized spacial score (nSPS) is 17.3. The lowest BCUT2D eigenvalue weighted by molar-refractivity contribution is -0.138. The molecule has 7 nitrogen and oxygen atoms in total. The number of hydrogen-bond donors (Lipinski definition) is 3. The number of hydrogen-bond acceptors (Lipinski definition) is 4. The highest BCUT2D eigenvalue weighted by Gasteiger charge is 2.36. The van der Waals surface area contributed by atoms with Gasteiger partial charge in [-0.15, -0.1) is 0 Å². The van der Waals surface area contributed by atoms with Crippen molar-refractivity contribution in [1.29, 1.82) is 0 Å². The van der Waals surface area contributed by atoms with E-state index >= 15 is 0 Å². The van der Waals surface area contributed by atoms with E-state index in [0.717, 1.165) is 6.07 Å². The van der Waals surface area contributed by atoms with E-state index in [1.807, 2.05) is 0 Å². The van der Waals surface area contributed by atoms with Crippen LogP contribution in [0, 0.1) is 0 Å². The van der Waals surface area contributed by atoms with Gasteiger partial charge < -0.3 is 20.9 Å². The van der Waals surface area contributed by atoms with Crippen LogP contribution in [0.5, 0.6) is 0 Å². The molecule has 3 amide bonds. The molecule has 202 valence electrons. The number of primary amides is 1. The molecule has 1 aliphatic rings. The number of amides is 3. The molecule has 0 spiro atoms. The molecule has 1 fully saturated rings. The monoisotopic (exact) mass is 578 g/mol. The van der Waals surface area contributed by atoms with E-state index in [0.29, 0.717) is 47.2 Å². The molecule has 1 saturated heterocycles. The van der Waals surface area contributed by atoms with Gasteiger partial charge in [-0.3, -0.25) is 9.69 Å². The predicted molar refractivity (Wildman–Crippen MR) is 137 cm³/mol. The summed E-state index contributed by atoms with van der Waals surface area (Å²) in [6.07, 6.45) is -3.43. The highest BCUT2D eigenvalue weighted by molar-refractivity contribution is 7.91. The largest absolute Gasteiger partial charge is 0.611 e. The number of halogens is 5. The Morgan fingerprint density at radius 3 is 2.62 bits per heavy atom. The third-order valence-electron chi connectivity index (χ3n) is 5.97. The molecule has 0 bridgehead atoms. The van der Waals surface area contributed by atoms with Crippen molar-refractivity contribution in [3.05, 3.63) is 62.6 Å². The Kier molecular flexibility index (Phi) is 9.99. The molecule has 2 aromatic rings. The summed E-state index contributed by atoms with van der Waals surface area (Å²) in [5, 5.41) is 5.34. The molecule has 1 unspecified atom stereocenters. The van der Waals surface area contributed by atoms with Gasteiger partial charge in [0.15, 0.2) is 4.90 Å². The molecular weight excluding hydrogens is 552 g/mol. The number of rotatable bonds is 8. The SMILES string of the molecule is CC[S+]([O-])c1ccc(Cl)cc1CNC(=O)c1cc(Cl)c(CN2CCC[C@@H](NC(N)=O)C2)c(C(F)(F)F)c1. The van der Waals surface area contributed by atoms with Gasteiger partial charge in [-0.2, -0.15) is 13.2 Å². The summed E-state index contributed by atoms with van der Waals surface area (Å²) in [7, 11) is 0. The lowest BCUT2D eigenvalue weighted by Gasteiger charge is -2.33. The van der Waals surface area contributed by atoms with Gasteiger partial charge in [0.1, 0.15) is 5.75 Å². The van der Waals surface area contributed by atoms with E-state index in [-0.39, 0.29) is 35.3 Å². The second-order valence-corrected chi connectivity index (χ2v) is 11.2. The molecule has 1 heterocycles. The summed E-state index contributed by atoms with van der Waals surface area (Å²) >= 11 is 11.0. The standard InChI is InChI=1S/C24H27Cl2F3N4O3S/c1-2-37(36)21-6-5-16(25)8-15(21)11-31-22(34)14-9-19(24(27,28)29)18(20(26)10-14)13-33-7-3-4-17(12-33)32-23(30)35/h5-6,8-10,17H,2-4,7,11-13H2,1H3,(H,31,34)(H3,30,32,35)/t17-,37?/m1/s1. The molecule has 3 rings (SSSR count). The van der Waals surface area contributed by atoms with Crippen LogP contribution in [0.4, 0.5) is 18.0 Å². The van der Waals surface area contributed by atoms with Crippen molar-refractivity contribution in [3.8, 4) is 0 Å². The van der Waals surface area contributed by atoms with Gasteiger partial charge in [-0.05, 0) is 73.4 Å². The topological polar surface area (TPSA) is 111 Å². The fraction of sp³-hybridized carbons (Fsp3) is 0.417. The molecule has 2 aromatic carbocycles. The Bertz CT molecular complexity index is 1150. The highest BCUT2D eigenvalue weighted by Crippen LogP contribution is 2.37. The van der Waals surface area contributed by atoms with Crippen LogP contribution in [0.1, 0.15) is 46.8 Å². The summed E-state index contributed by atoms with van der Waals surface area (Å²) in [5.74, 6) is -0.416. The Hall–Kier alpha value is -2.18. The maximum Gasteiger partial charge on any atom is 0.416 e. The quantitative estimate of drug-likeness (QED) is 0.394. The third-order valence-corrected chi connectivity index (χ3v) is 7.95. The molecule has 0 radical (unpaired) electrons. The van der Waals surface area contributed by atoms with Crippen LogP contribution in [-0.4, -0.2) is 46.3 Å². The van der Waals surface area contributed by atoms with Crippen LogP contribution < -0.4 is 16.4 Å². The Balaban J connectivity index is 1.82. The number of alkyl halides is 3. The fourth-order valence-electron chi connectivity index (χ4n) is 4.26. The number of nitrogens with two attached hydrogens (primary N) is 1. The maximum absolute atomic E-state index is 14.0. The van der Waals surface area contributed by atoms with Gasteiger partial charge >= 0.3 is 12.2 Å². The first-order chi connectivity index (χ1) is 17.4. The number of nitrogens with one attached hydrogen (secondary N) is 2. The van der Waals surface area contributed by atoms with Gasteiger partial charge in [-0.1, -0.05) is 23.2 Å². The molecule has 0 aliphatic carbocycles. The highest BCUT2D eigenvalue weighted by atomic mass is 35.5. The molecule has 1 aliphatic heterocycles. The van der Waals surface area contributed by atoms with Crippen molar-refractivity contribution in [2.45, 2.75) is 50.0 Å². The number of likely N-dealkylation sites (tertiary alicyclic amines) is 1. The first-order valence-electron chi connectivity index (χ1n) is 11.5. The van der Waals surface area contributed by atoms with Crippen LogP contribution in [0.2, 0.25) is 10.0 Å². The van der Waals surface area contributed by atoms with Crippen LogP contribution in [0.25, 0.3) is 0 Å². The average Bonchev–Trinajstić information content (AvgIpc) is 2.82. The lowest BCUT2D eigenvalue weighted by Crippen LogP contribution is -2.49. The van der Waals surface area contributed by atoms with Crippen molar-refractivity contribution < 1.29 is 27.3 Å². The molecule has 13 heteroatoms. The van der Waals surface area contributed by atoms with Crippen molar-refractivity contribution in [3.63, 3.8) is 0 Å². The first-order valence-corrected chi connectivity index (χ1v) is 13.6. The number of carbonyl (C=O) groups is 2. The minimum absolute atomic E-state index is 0.0801. The van der Waals surface area contributed by atoms with Crippen LogP contribution in [0.3, 0.4) is 0 Å². The van der Waals surface area contributed by atoms with Gasteiger partial charge in [-0.25, -0.2) is 4.79 Å². The summed E-state index contributed by atoms with van der Waals surface area (Å²) in [6, 6.07) is 5.75. The van der Waals surface area contributed by atoms with Crippen molar-refractivity contribution >= 4 is 46.3 Å². The summed E-state index contributed by atoms with van der Waals surface area (Å²) in [5.41, 5.74) is 4.26. The molecule has 2 atom stereocenters. The van der Waals surface area contributed by atoms with E-state index in [4.69, 9.17) is 28.9 Å². The predicted octanol–water partition coefficient (Wildman–Crippen LogP) is 4.70. The molecule has 0 aromatic heterocycles. The average molecular weight is 579 g/mol. The lowest BCUT2D eigenvalue weighted by atomic mass is 10.00. The second-order valence-electron chi connectivity index (χ2n) is 8.63. The van der Waals surface area contributed by atoms with Gasteiger partial charge in [0, 0.05) is 46.8 Å². The molecular formula is C24H27Cl2F3N4O3S. The number of urea groups is 1. The van der Waals surface area contributed by atoms with Crippen molar-refractivity contribution in [2.75, 3.05) is 18.8 Å². The number of carbonyl (C=O) groups excluding carboxylic acids is 2. The Morgan fingerprint density at radius 2 is 1.97 bits per heavy atom. The summed E-state index contributed by atoms with van der Waals surface area (Å²) < 4.78 is 54.4. The van der Waals surface area contributed by atoms with Crippen molar-refractivity contribution in [2.24, 2.45) is 5.73 Å². The minimum Gasteiger partial charge on any atom is -0.611 e. The molecule has 0 saturated carbocycles. The molecule has 37 heavy (non-hydrogen) atoms. The number of benzene rings is 2. The first kappa shape index (κ1) is 29.4. The Labute approximate surface area is 226 Å². The van der Waals surface area contributed by atoms with E-state index in [9.17, 15) is 27.3 Å². The van der Waals surface area contributed by atoms with Crippen LogP contribution >= 0.6 is 23.2 Å². The van der Waals surface area contributed by atoms with E-state index in [2.05, 4.69) is 10.6 Å². The number of piperidine rings is 1. The zero-order chi connectivity index (χ0) is 27.3. The van der Waals surface area contributed by atoms with Crippen molar-refractivity contribution in [1.82, 2.24) is 15.5 Å². The zero-order valence-corrected chi connectivity index (χ0v) is 22.3. The second kappa shape index (κ2) is 12.6. The fourth-order valence-corrected chi connectivity index (χ4v) is 5.69. The van der Waals surface area contributed by atoms with Gasteiger partial charge in [0.05, 0.1) is 5.56 Å². The summed E-state index contributed by atoms with van der Waals surface area (Å²) in [6.45, 7) is 2.39. The van der Waals surface area contributed by atoms with Gasteiger partial charge in [0.2, 0.25) is 0 Å².